The second-order valence-corrected chi connectivity index (χ2v) is 7.59. The van der Waals surface area contributed by atoms with Gasteiger partial charge < -0.3 is 4.40 Å². The predicted molar refractivity (Wildman–Crippen MR) is 120 cm³/mol. The summed E-state index contributed by atoms with van der Waals surface area (Å²) in [5, 5.41) is 6.95. The highest BCUT2D eigenvalue weighted by Gasteiger charge is 2.18. The number of fused-ring (bicyclic) bond motifs is 8. The van der Waals surface area contributed by atoms with Crippen LogP contribution in [0, 0.1) is 0 Å². The van der Waals surface area contributed by atoms with Gasteiger partial charge in [0.1, 0.15) is 0 Å². The van der Waals surface area contributed by atoms with Crippen LogP contribution < -0.4 is 0 Å². The number of nitrogens with zero attached hydrogens (tertiary/aromatic N) is 1. The zero-order valence-corrected chi connectivity index (χ0v) is 15.8. The summed E-state index contributed by atoms with van der Waals surface area (Å²) in [5.74, 6) is 0. The summed E-state index contributed by atoms with van der Waals surface area (Å²) in [7, 11) is 0. The first kappa shape index (κ1) is 15.7. The van der Waals surface area contributed by atoms with Crippen molar-refractivity contribution in [2.24, 2.45) is 0 Å². The van der Waals surface area contributed by atoms with E-state index in [0.29, 0.717) is 0 Å². The Labute approximate surface area is 167 Å². The van der Waals surface area contributed by atoms with E-state index in [1.807, 2.05) is 6.07 Å². The molecule has 2 aromatic heterocycles. The van der Waals surface area contributed by atoms with Crippen molar-refractivity contribution in [1.29, 1.82) is 0 Å². The van der Waals surface area contributed by atoms with Gasteiger partial charge in [0.15, 0.2) is 0 Å². The lowest BCUT2D eigenvalue weighted by Crippen LogP contribution is -1.93. The van der Waals surface area contributed by atoms with Crippen LogP contribution in [0.3, 0.4) is 0 Å². The zero-order chi connectivity index (χ0) is 18.7. The molecule has 0 aliphatic rings. The monoisotopic (exact) mass is 377 g/mol. The minimum Gasteiger partial charge on any atom is -0.307 e. The maximum atomic E-state index is 6.40. The molecule has 0 spiro atoms. The van der Waals surface area contributed by atoms with E-state index in [0.717, 1.165) is 5.02 Å². The predicted octanol–water partition coefficient (Wildman–Crippen LogP) is 7.72. The van der Waals surface area contributed by atoms with E-state index in [1.165, 1.54) is 49.2 Å². The molecular formula is C26H16ClN. The Morgan fingerprint density at radius 2 is 1.14 bits per heavy atom. The maximum Gasteiger partial charge on any atom is 0.0620 e. The van der Waals surface area contributed by atoms with Crippen molar-refractivity contribution in [2.45, 2.75) is 0 Å². The Kier molecular flexibility index (Phi) is 3.29. The summed E-state index contributed by atoms with van der Waals surface area (Å²) in [5.41, 5.74) is 4.86. The van der Waals surface area contributed by atoms with Crippen LogP contribution >= 0.6 is 11.6 Å². The normalized spacial score (nSPS) is 11.8. The minimum atomic E-state index is 0.759. The molecule has 0 amide bonds. The van der Waals surface area contributed by atoms with Crippen LogP contribution in [0.5, 0.6) is 0 Å². The van der Waals surface area contributed by atoms with Gasteiger partial charge in [0, 0.05) is 26.6 Å². The van der Waals surface area contributed by atoms with Crippen molar-refractivity contribution in [3.05, 3.63) is 102 Å². The Morgan fingerprint density at radius 1 is 0.536 bits per heavy atom. The molecule has 0 saturated carbocycles. The largest absolute Gasteiger partial charge is 0.307 e. The Balaban J connectivity index is 2.01. The highest BCUT2D eigenvalue weighted by atomic mass is 35.5. The second-order valence-electron chi connectivity index (χ2n) is 7.15. The molecule has 0 unspecified atom stereocenters. The van der Waals surface area contributed by atoms with Crippen molar-refractivity contribution in [2.75, 3.05) is 0 Å². The van der Waals surface area contributed by atoms with Crippen molar-refractivity contribution in [1.82, 2.24) is 4.40 Å². The molecule has 0 aliphatic carbocycles. The number of hydrogen-bond donors (Lipinski definition) is 0. The van der Waals surface area contributed by atoms with Gasteiger partial charge in [-0.15, -0.1) is 0 Å². The molecule has 0 N–H and O–H groups in total. The van der Waals surface area contributed by atoms with Crippen LogP contribution in [-0.4, -0.2) is 4.40 Å². The standard InChI is InChI=1S/C26H16ClN/c27-18-14-15-24-23(16-18)19-10-4-5-11-20(19)26-22-13-7-6-12-21(22)25(28(24)26)17-8-2-1-3-9-17/h1-16H. The molecule has 4 aromatic carbocycles. The van der Waals surface area contributed by atoms with E-state index in [9.17, 15) is 0 Å². The van der Waals surface area contributed by atoms with E-state index >= 15 is 0 Å². The summed E-state index contributed by atoms with van der Waals surface area (Å²) in [4.78, 5) is 0. The summed E-state index contributed by atoms with van der Waals surface area (Å²) >= 11 is 6.40. The lowest BCUT2D eigenvalue weighted by Gasteiger charge is -2.12. The molecule has 28 heavy (non-hydrogen) atoms. The molecular weight excluding hydrogens is 362 g/mol. The number of benzene rings is 4. The van der Waals surface area contributed by atoms with Crippen LogP contribution in [0.2, 0.25) is 5.02 Å². The second kappa shape index (κ2) is 5.85. The van der Waals surface area contributed by atoms with Gasteiger partial charge in [-0.1, -0.05) is 90.5 Å². The molecule has 0 bridgehead atoms. The third-order valence-electron chi connectivity index (χ3n) is 5.60. The van der Waals surface area contributed by atoms with E-state index in [4.69, 9.17) is 11.6 Å². The Hall–Kier alpha value is -3.29. The zero-order valence-electron chi connectivity index (χ0n) is 15.1. The SMILES string of the molecule is Clc1ccc2c(c1)c1ccccc1c1c3ccccc3c(-c3ccccc3)n21. The molecule has 0 radical (unpaired) electrons. The number of rotatable bonds is 1. The molecule has 6 rings (SSSR count). The molecule has 1 nitrogen and oxygen atoms in total. The average Bonchev–Trinajstić information content (AvgIpc) is 3.10. The average molecular weight is 378 g/mol. The van der Waals surface area contributed by atoms with E-state index < -0.39 is 0 Å². The van der Waals surface area contributed by atoms with Gasteiger partial charge in [-0.05, 0) is 29.1 Å². The van der Waals surface area contributed by atoms with Gasteiger partial charge in [0.05, 0.1) is 16.7 Å². The third-order valence-corrected chi connectivity index (χ3v) is 5.84. The fourth-order valence-corrected chi connectivity index (χ4v) is 4.65. The first-order valence-electron chi connectivity index (χ1n) is 9.41. The van der Waals surface area contributed by atoms with Crippen LogP contribution in [0.4, 0.5) is 0 Å². The van der Waals surface area contributed by atoms with Crippen molar-refractivity contribution < 1.29 is 0 Å². The van der Waals surface area contributed by atoms with Crippen LogP contribution in [0.25, 0.3) is 49.2 Å². The Morgan fingerprint density at radius 3 is 1.89 bits per heavy atom. The quantitative estimate of drug-likeness (QED) is 0.258. The molecule has 0 aliphatic heterocycles. The summed E-state index contributed by atoms with van der Waals surface area (Å²) in [6, 6.07) is 34.2. The number of aromatic nitrogens is 1. The third kappa shape index (κ3) is 2.08. The first-order chi connectivity index (χ1) is 13.8. The number of halogens is 1. The topological polar surface area (TPSA) is 4.41 Å². The maximum absolute atomic E-state index is 6.40. The summed E-state index contributed by atoms with van der Waals surface area (Å²) in [6.45, 7) is 0. The molecule has 0 atom stereocenters. The van der Waals surface area contributed by atoms with Gasteiger partial charge in [-0.2, -0.15) is 0 Å². The molecule has 6 aromatic rings. The van der Waals surface area contributed by atoms with Crippen LogP contribution in [0.1, 0.15) is 0 Å². The van der Waals surface area contributed by atoms with Gasteiger partial charge in [-0.25, -0.2) is 0 Å². The van der Waals surface area contributed by atoms with Crippen molar-refractivity contribution in [3.8, 4) is 11.3 Å². The van der Waals surface area contributed by atoms with Crippen LogP contribution in [-0.2, 0) is 0 Å². The number of hydrogen-bond acceptors (Lipinski definition) is 0. The van der Waals surface area contributed by atoms with Crippen LogP contribution in [0.15, 0.2) is 97.1 Å². The van der Waals surface area contributed by atoms with Gasteiger partial charge >= 0.3 is 0 Å². The van der Waals surface area contributed by atoms with E-state index in [-0.39, 0.29) is 0 Å². The molecule has 132 valence electrons. The lowest BCUT2D eigenvalue weighted by molar-refractivity contribution is 1.29. The molecule has 2 heteroatoms. The highest BCUT2D eigenvalue weighted by Crippen LogP contribution is 2.41. The smallest absolute Gasteiger partial charge is 0.0620 e. The highest BCUT2D eigenvalue weighted by molar-refractivity contribution is 6.32. The summed E-state index contributed by atoms with van der Waals surface area (Å²) in [6.07, 6.45) is 0. The van der Waals surface area contributed by atoms with E-state index in [2.05, 4.69) is 95.4 Å². The lowest BCUT2D eigenvalue weighted by atomic mass is 10.0. The molecule has 2 heterocycles. The minimum absolute atomic E-state index is 0.759. The van der Waals surface area contributed by atoms with Gasteiger partial charge in [0.2, 0.25) is 0 Å². The van der Waals surface area contributed by atoms with Gasteiger partial charge in [-0.3, -0.25) is 0 Å². The van der Waals surface area contributed by atoms with Crippen molar-refractivity contribution in [3.63, 3.8) is 0 Å². The molecule has 0 fully saturated rings. The fraction of sp³-hybridized carbons (Fsp3) is 0. The summed E-state index contributed by atoms with van der Waals surface area (Å²) < 4.78 is 2.41. The molecule has 0 saturated heterocycles. The van der Waals surface area contributed by atoms with Gasteiger partial charge in [0.25, 0.3) is 0 Å². The van der Waals surface area contributed by atoms with E-state index in [1.54, 1.807) is 0 Å². The Bertz CT molecular complexity index is 1510. The first-order valence-corrected chi connectivity index (χ1v) is 9.79. The fourth-order valence-electron chi connectivity index (χ4n) is 4.48. The van der Waals surface area contributed by atoms with Crippen molar-refractivity contribution >= 4 is 49.6 Å². The number of pyridine rings is 1.